The van der Waals surface area contributed by atoms with Gasteiger partial charge in [-0.25, -0.2) is 4.98 Å². The summed E-state index contributed by atoms with van der Waals surface area (Å²) >= 11 is 0. The van der Waals surface area contributed by atoms with Crippen LogP contribution in [-0.4, -0.2) is 27.7 Å². The lowest BCUT2D eigenvalue weighted by Gasteiger charge is -2.03. The number of nitrogens with two attached hydrogens (primary N) is 1. The molecule has 0 aliphatic rings. The van der Waals surface area contributed by atoms with Gasteiger partial charge in [-0.1, -0.05) is 0 Å². The van der Waals surface area contributed by atoms with Crippen molar-refractivity contribution in [3.63, 3.8) is 0 Å². The minimum atomic E-state index is -0.964. The van der Waals surface area contributed by atoms with Gasteiger partial charge < -0.3 is 15.6 Å². The molecule has 1 aromatic carbocycles. The van der Waals surface area contributed by atoms with Crippen molar-refractivity contribution in [2.24, 2.45) is 0 Å². The molecule has 0 spiro atoms. The van der Waals surface area contributed by atoms with Crippen LogP contribution in [0.25, 0.3) is 11.0 Å². The van der Waals surface area contributed by atoms with Crippen molar-refractivity contribution < 1.29 is 14.6 Å². The molecule has 0 aliphatic carbocycles. The van der Waals surface area contributed by atoms with Gasteiger partial charge in [0.2, 0.25) is 5.95 Å². The molecule has 0 bridgehead atoms. The predicted octanol–water partition coefficient (Wildman–Crippen LogP) is 0.712. The van der Waals surface area contributed by atoms with E-state index in [9.17, 15) is 4.79 Å². The summed E-state index contributed by atoms with van der Waals surface area (Å²) in [7, 11) is 1.54. The molecule has 0 saturated heterocycles. The number of hydrogen-bond donors (Lipinski definition) is 2. The van der Waals surface area contributed by atoms with Crippen LogP contribution in [-0.2, 0) is 11.3 Å². The number of aromatic nitrogens is 2. The molecule has 16 heavy (non-hydrogen) atoms. The normalized spacial score (nSPS) is 10.6. The second-order valence-electron chi connectivity index (χ2n) is 3.30. The largest absolute Gasteiger partial charge is 0.497 e. The second kappa shape index (κ2) is 3.73. The quantitative estimate of drug-likeness (QED) is 0.796. The van der Waals surface area contributed by atoms with Gasteiger partial charge in [0.15, 0.2) is 0 Å². The first kappa shape index (κ1) is 10.3. The van der Waals surface area contributed by atoms with Gasteiger partial charge in [-0.15, -0.1) is 0 Å². The number of benzene rings is 1. The first-order valence-corrected chi connectivity index (χ1v) is 4.63. The van der Waals surface area contributed by atoms with Crippen LogP contribution in [0, 0.1) is 0 Å². The smallest absolute Gasteiger partial charge is 0.323 e. The number of aliphatic carboxylic acids is 1. The van der Waals surface area contributed by atoms with Gasteiger partial charge in [-0.2, -0.15) is 0 Å². The van der Waals surface area contributed by atoms with Gasteiger partial charge in [0.1, 0.15) is 12.3 Å². The lowest BCUT2D eigenvalue weighted by atomic mass is 10.3. The summed E-state index contributed by atoms with van der Waals surface area (Å²) in [5, 5.41) is 8.76. The van der Waals surface area contributed by atoms with E-state index in [4.69, 9.17) is 15.6 Å². The van der Waals surface area contributed by atoms with Gasteiger partial charge in [-0.05, 0) is 12.1 Å². The van der Waals surface area contributed by atoms with Crippen molar-refractivity contribution >= 4 is 23.0 Å². The van der Waals surface area contributed by atoms with Crippen molar-refractivity contribution in [1.82, 2.24) is 9.55 Å². The number of methoxy groups -OCH3 is 1. The zero-order valence-corrected chi connectivity index (χ0v) is 8.67. The zero-order valence-electron chi connectivity index (χ0n) is 8.67. The minimum Gasteiger partial charge on any atom is -0.497 e. The predicted molar refractivity (Wildman–Crippen MR) is 58.3 cm³/mol. The Bertz CT molecular complexity index is 547. The molecule has 6 heteroatoms. The molecular formula is C10H11N3O3. The molecule has 2 rings (SSSR count). The van der Waals surface area contributed by atoms with Crippen LogP contribution in [0.2, 0.25) is 0 Å². The maximum Gasteiger partial charge on any atom is 0.323 e. The minimum absolute atomic E-state index is 0.186. The first-order valence-electron chi connectivity index (χ1n) is 4.63. The fourth-order valence-electron chi connectivity index (χ4n) is 1.55. The van der Waals surface area contributed by atoms with E-state index in [1.807, 2.05) is 0 Å². The molecule has 0 saturated carbocycles. The number of rotatable bonds is 3. The van der Waals surface area contributed by atoms with Gasteiger partial charge in [-0.3, -0.25) is 9.36 Å². The summed E-state index contributed by atoms with van der Waals surface area (Å²) < 4.78 is 6.49. The van der Waals surface area contributed by atoms with E-state index < -0.39 is 5.97 Å². The van der Waals surface area contributed by atoms with Crippen molar-refractivity contribution in [2.75, 3.05) is 12.8 Å². The fraction of sp³-hybridized carbons (Fsp3) is 0.200. The van der Waals surface area contributed by atoms with Gasteiger partial charge in [0.05, 0.1) is 18.1 Å². The molecule has 0 atom stereocenters. The van der Waals surface area contributed by atoms with E-state index in [1.54, 1.807) is 25.3 Å². The first-order chi connectivity index (χ1) is 7.61. The zero-order chi connectivity index (χ0) is 11.7. The Kier molecular flexibility index (Phi) is 2.40. The van der Waals surface area contributed by atoms with Crippen molar-refractivity contribution in [1.29, 1.82) is 0 Å². The van der Waals surface area contributed by atoms with E-state index >= 15 is 0 Å². The van der Waals surface area contributed by atoms with Crippen molar-refractivity contribution in [2.45, 2.75) is 6.54 Å². The average molecular weight is 221 g/mol. The maximum absolute atomic E-state index is 10.7. The number of ether oxygens (including phenoxy) is 1. The number of carbonyl (C=O) groups is 1. The number of imidazole rings is 1. The lowest BCUT2D eigenvalue weighted by Crippen LogP contribution is -2.11. The Morgan fingerprint density at radius 2 is 2.38 bits per heavy atom. The van der Waals surface area contributed by atoms with E-state index in [0.717, 1.165) is 0 Å². The summed E-state index contributed by atoms with van der Waals surface area (Å²) in [4.78, 5) is 14.7. The highest BCUT2D eigenvalue weighted by molar-refractivity contribution is 5.81. The fourth-order valence-corrected chi connectivity index (χ4v) is 1.55. The maximum atomic E-state index is 10.7. The number of nitrogens with zero attached hydrogens (tertiary/aromatic N) is 2. The monoisotopic (exact) mass is 221 g/mol. The highest BCUT2D eigenvalue weighted by Crippen LogP contribution is 2.22. The average Bonchev–Trinajstić information content (AvgIpc) is 2.54. The summed E-state index contributed by atoms with van der Waals surface area (Å²) in [6, 6.07) is 5.20. The van der Waals surface area contributed by atoms with E-state index in [0.29, 0.717) is 16.8 Å². The number of anilines is 1. The molecule has 3 N–H and O–H groups in total. The number of carboxylic acids is 1. The van der Waals surface area contributed by atoms with Crippen molar-refractivity contribution in [3.8, 4) is 5.75 Å². The SMILES string of the molecule is COc1ccc2nc(N)n(CC(=O)O)c2c1. The highest BCUT2D eigenvalue weighted by Gasteiger charge is 2.11. The van der Waals surface area contributed by atoms with Crippen LogP contribution in [0.3, 0.4) is 0 Å². The Balaban J connectivity index is 2.61. The molecule has 2 aromatic rings. The summed E-state index contributed by atoms with van der Waals surface area (Å²) in [6.07, 6.45) is 0. The lowest BCUT2D eigenvalue weighted by molar-refractivity contribution is -0.137. The van der Waals surface area contributed by atoms with Crippen LogP contribution in [0.1, 0.15) is 0 Å². The Hall–Kier alpha value is -2.24. The number of hydrogen-bond acceptors (Lipinski definition) is 4. The Morgan fingerprint density at radius 1 is 1.62 bits per heavy atom. The van der Waals surface area contributed by atoms with Crippen LogP contribution < -0.4 is 10.5 Å². The summed E-state index contributed by atoms with van der Waals surface area (Å²) in [6.45, 7) is -0.213. The van der Waals surface area contributed by atoms with E-state index in [1.165, 1.54) is 4.57 Å². The van der Waals surface area contributed by atoms with Crippen LogP contribution in [0.5, 0.6) is 5.75 Å². The summed E-state index contributed by atoms with van der Waals surface area (Å²) in [5.74, 6) is -0.140. The van der Waals surface area contributed by atoms with E-state index in [-0.39, 0.29) is 12.5 Å². The van der Waals surface area contributed by atoms with Gasteiger partial charge >= 0.3 is 5.97 Å². The number of fused-ring (bicyclic) bond motifs is 1. The Labute approximate surface area is 91.3 Å². The third-order valence-electron chi connectivity index (χ3n) is 2.28. The number of nitrogen functional groups attached to an aromatic ring is 1. The molecule has 6 nitrogen and oxygen atoms in total. The standard InChI is InChI=1S/C10H11N3O3/c1-16-6-2-3-7-8(4-6)13(5-9(14)15)10(11)12-7/h2-4H,5H2,1H3,(H2,11,12)(H,14,15). The molecule has 84 valence electrons. The molecule has 1 aromatic heterocycles. The topological polar surface area (TPSA) is 90.4 Å². The third-order valence-corrected chi connectivity index (χ3v) is 2.28. The number of carboxylic acid groups (broad SMARTS) is 1. The second-order valence-corrected chi connectivity index (χ2v) is 3.30. The van der Waals surface area contributed by atoms with E-state index in [2.05, 4.69) is 4.98 Å². The molecule has 0 aliphatic heterocycles. The van der Waals surface area contributed by atoms with Crippen LogP contribution in [0.15, 0.2) is 18.2 Å². The van der Waals surface area contributed by atoms with Gasteiger partial charge in [0, 0.05) is 6.07 Å². The van der Waals surface area contributed by atoms with Crippen LogP contribution in [0.4, 0.5) is 5.95 Å². The highest BCUT2D eigenvalue weighted by atomic mass is 16.5. The molecule has 0 radical (unpaired) electrons. The Morgan fingerprint density at radius 3 is 3.00 bits per heavy atom. The van der Waals surface area contributed by atoms with Gasteiger partial charge in [0.25, 0.3) is 0 Å². The van der Waals surface area contributed by atoms with Crippen LogP contribution >= 0.6 is 0 Å². The molecule has 0 unspecified atom stereocenters. The molecule has 0 fully saturated rings. The molecular weight excluding hydrogens is 210 g/mol. The summed E-state index contributed by atoms with van der Waals surface area (Å²) in [5.41, 5.74) is 6.95. The van der Waals surface area contributed by atoms with Crippen molar-refractivity contribution in [3.05, 3.63) is 18.2 Å². The molecule has 0 amide bonds. The molecule has 1 heterocycles. The third kappa shape index (κ3) is 1.65.